The molecule has 0 saturated heterocycles. The van der Waals surface area contributed by atoms with Gasteiger partial charge >= 0.3 is 5.97 Å². The second kappa shape index (κ2) is 7.65. The summed E-state index contributed by atoms with van der Waals surface area (Å²) in [6.45, 7) is 4.15. The van der Waals surface area contributed by atoms with Crippen LogP contribution in [0.3, 0.4) is 0 Å². The molecular formula is C25H21NO2. The molecule has 138 valence electrons. The van der Waals surface area contributed by atoms with Crippen molar-refractivity contribution in [2.24, 2.45) is 0 Å². The first-order valence-electron chi connectivity index (χ1n) is 9.40. The van der Waals surface area contributed by atoms with Gasteiger partial charge in [-0.15, -0.1) is 0 Å². The van der Waals surface area contributed by atoms with Crippen LogP contribution >= 0.6 is 0 Å². The average Bonchev–Trinajstić information content (AvgIpc) is 2.74. The van der Waals surface area contributed by atoms with Gasteiger partial charge in [0.1, 0.15) is 0 Å². The standard InChI is InChI=1S/C25H21NO2/c1-3-28-25(27)21-13-14-24-23(16-21)22(15-17(2)26-24)20-11-9-19(10-12-20)18-7-5-4-6-8-18/h4-16H,3H2,1-2H3. The van der Waals surface area contributed by atoms with Gasteiger partial charge in [0.05, 0.1) is 17.7 Å². The highest BCUT2D eigenvalue weighted by molar-refractivity contribution is 6.00. The molecule has 0 amide bonds. The summed E-state index contributed by atoms with van der Waals surface area (Å²) in [4.78, 5) is 16.8. The van der Waals surface area contributed by atoms with Crippen molar-refractivity contribution >= 4 is 16.9 Å². The molecule has 3 nitrogen and oxygen atoms in total. The van der Waals surface area contributed by atoms with E-state index in [0.29, 0.717) is 12.2 Å². The Bertz CT molecular complexity index is 1130. The Labute approximate surface area is 164 Å². The van der Waals surface area contributed by atoms with Crippen LogP contribution in [0.5, 0.6) is 0 Å². The number of nitrogens with zero attached hydrogens (tertiary/aromatic N) is 1. The van der Waals surface area contributed by atoms with E-state index in [-0.39, 0.29) is 5.97 Å². The summed E-state index contributed by atoms with van der Waals surface area (Å²) in [6, 6.07) is 26.4. The van der Waals surface area contributed by atoms with Gasteiger partial charge < -0.3 is 4.74 Å². The summed E-state index contributed by atoms with van der Waals surface area (Å²) >= 11 is 0. The van der Waals surface area contributed by atoms with E-state index in [1.807, 2.05) is 44.2 Å². The molecule has 1 heterocycles. The van der Waals surface area contributed by atoms with Crippen molar-refractivity contribution in [3.63, 3.8) is 0 Å². The molecule has 0 fully saturated rings. The zero-order valence-electron chi connectivity index (χ0n) is 16.0. The molecule has 0 N–H and O–H groups in total. The number of aromatic nitrogens is 1. The summed E-state index contributed by atoms with van der Waals surface area (Å²) in [6.07, 6.45) is 0. The van der Waals surface area contributed by atoms with E-state index in [1.165, 1.54) is 11.1 Å². The van der Waals surface area contributed by atoms with Crippen molar-refractivity contribution in [3.05, 3.63) is 90.1 Å². The molecule has 0 bridgehead atoms. The predicted molar refractivity (Wildman–Crippen MR) is 113 cm³/mol. The Balaban J connectivity index is 1.80. The number of carbonyl (C=O) groups is 1. The first-order valence-corrected chi connectivity index (χ1v) is 9.40. The number of hydrogen-bond donors (Lipinski definition) is 0. The maximum atomic E-state index is 12.2. The first kappa shape index (κ1) is 17.9. The maximum Gasteiger partial charge on any atom is 0.338 e. The number of benzene rings is 3. The highest BCUT2D eigenvalue weighted by Crippen LogP contribution is 2.31. The van der Waals surface area contributed by atoms with E-state index >= 15 is 0 Å². The maximum absolute atomic E-state index is 12.2. The van der Waals surface area contributed by atoms with Crippen molar-refractivity contribution in [1.29, 1.82) is 0 Å². The summed E-state index contributed by atoms with van der Waals surface area (Å²) in [5.74, 6) is -0.310. The molecule has 0 saturated carbocycles. The van der Waals surface area contributed by atoms with Crippen LogP contribution in [0.1, 0.15) is 23.0 Å². The molecule has 0 aliphatic carbocycles. The number of carbonyl (C=O) groups excluding carboxylic acids is 1. The van der Waals surface area contributed by atoms with Gasteiger partial charge in [-0.05, 0) is 60.4 Å². The van der Waals surface area contributed by atoms with Crippen molar-refractivity contribution in [1.82, 2.24) is 4.98 Å². The number of rotatable bonds is 4. The average molecular weight is 367 g/mol. The van der Waals surface area contributed by atoms with Crippen LogP contribution in [0.2, 0.25) is 0 Å². The Morgan fingerprint density at radius 3 is 2.25 bits per heavy atom. The number of fused-ring (bicyclic) bond motifs is 1. The lowest BCUT2D eigenvalue weighted by molar-refractivity contribution is 0.0526. The minimum Gasteiger partial charge on any atom is -0.462 e. The molecule has 0 radical (unpaired) electrons. The van der Waals surface area contributed by atoms with Crippen LogP contribution in [0.25, 0.3) is 33.2 Å². The largest absolute Gasteiger partial charge is 0.462 e. The van der Waals surface area contributed by atoms with Gasteiger partial charge in [-0.3, -0.25) is 4.98 Å². The third kappa shape index (κ3) is 3.52. The second-order valence-corrected chi connectivity index (χ2v) is 6.71. The SMILES string of the molecule is CCOC(=O)c1ccc2nc(C)cc(-c3ccc(-c4ccccc4)cc3)c2c1. The molecule has 4 rings (SSSR count). The number of esters is 1. The van der Waals surface area contributed by atoms with Gasteiger partial charge in [0, 0.05) is 11.1 Å². The highest BCUT2D eigenvalue weighted by atomic mass is 16.5. The molecule has 28 heavy (non-hydrogen) atoms. The zero-order valence-corrected chi connectivity index (χ0v) is 16.0. The lowest BCUT2D eigenvalue weighted by Crippen LogP contribution is -2.04. The first-order chi connectivity index (χ1) is 13.7. The summed E-state index contributed by atoms with van der Waals surface area (Å²) in [5.41, 5.74) is 6.88. The van der Waals surface area contributed by atoms with Gasteiger partial charge in [-0.25, -0.2) is 4.79 Å². The third-order valence-electron chi connectivity index (χ3n) is 4.75. The molecule has 1 aromatic heterocycles. The van der Waals surface area contributed by atoms with Gasteiger partial charge in [0.25, 0.3) is 0 Å². The van der Waals surface area contributed by atoms with E-state index in [4.69, 9.17) is 4.74 Å². The minimum atomic E-state index is -0.310. The predicted octanol–water partition coefficient (Wildman–Crippen LogP) is 6.05. The Kier molecular flexibility index (Phi) is 4.90. The van der Waals surface area contributed by atoms with Crippen LogP contribution in [0.15, 0.2) is 78.9 Å². The number of aryl methyl sites for hydroxylation is 1. The topological polar surface area (TPSA) is 39.2 Å². The van der Waals surface area contributed by atoms with E-state index in [1.54, 1.807) is 6.07 Å². The summed E-state index contributed by atoms with van der Waals surface area (Å²) in [7, 11) is 0. The van der Waals surface area contributed by atoms with Gasteiger partial charge in [0.2, 0.25) is 0 Å². The van der Waals surface area contributed by atoms with E-state index in [9.17, 15) is 4.79 Å². The lowest BCUT2D eigenvalue weighted by atomic mass is 9.96. The summed E-state index contributed by atoms with van der Waals surface area (Å²) < 4.78 is 5.15. The zero-order chi connectivity index (χ0) is 19.5. The van der Waals surface area contributed by atoms with Gasteiger partial charge in [-0.1, -0.05) is 54.6 Å². The molecular weight excluding hydrogens is 346 g/mol. The molecule has 0 unspecified atom stereocenters. The van der Waals surface area contributed by atoms with E-state index < -0.39 is 0 Å². The molecule has 0 spiro atoms. The van der Waals surface area contributed by atoms with E-state index in [0.717, 1.165) is 27.7 Å². The Morgan fingerprint density at radius 2 is 1.54 bits per heavy atom. The number of hydrogen-bond acceptors (Lipinski definition) is 3. The van der Waals surface area contributed by atoms with Crippen LogP contribution in [-0.4, -0.2) is 17.6 Å². The smallest absolute Gasteiger partial charge is 0.338 e. The Hall–Kier alpha value is -3.46. The fraction of sp³-hybridized carbons (Fsp3) is 0.120. The number of pyridine rings is 1. The van der Waals surface area contributed by atoms with Crippen molar-refractivity contribution in [2.75, 3.05) is 6.61 Å². The van der Waals surface area contributed by atoms with Gasteiger partial charge in [0.15, 0.2) is 0 Å². The summed E-state index contributed by atoms with van der Waals surface area (Å²) in [5, 5.41) is 0.948. The monoisotopic (exact) mass is 367 g/mol. The van der Waals surface area contributed by atoms with Crippen LogP contribution in [-0.2, 0) is 4.74 Å². The molecule has 3 aromatic carbocycles. The number of ether oxygens (including phenoxy) is 1. The minimum absolute atomic E-state index is 0.310. The lowest BCUT2D eigenvalue weighted by Gasteiger charge is -2.11. The van der Waals surface area contributed by atoms with Gasteiger partial charge in [-0.2, -0.15) is 0 Å². The fourth-order valence-electron chi connectivity index (χ4n) is 3.41. The van der Waals surface area contributed by atoms with Crippen LogP contribution in [0.4, 0.5) is 0 Å². The van der Waals surface area contributed by atoms with Crippen molar-refractivity contribution in [3.8, 4) is 22.3 Å². The van der Waals surface area contributed by atoms with Crippen molar-refractivity contribution in [2.45, 2.75) is 13.8 Å². The molecule has 0 aliphatic heterocycles. The van der Waals surface area contributed by atoms with Crippen LogP contribution < -0.4 is 0 Å². The normalized spacial score (nSPS) is 10.8. The highest BCUT2D eigenvalue weighted by Gasteiger charge is 2.12. The fourth-order valence-corrected chi connectivity index (χ4v) is 3.41. The molecule has 3 heteroatoms. The Morgan fingerprint density at radius 1 is 0.857 bits per heavy atom. The third-order valence-corrected chi connectivity index (χ3v) is 4.75. The second-order valence-electron chi connectivity index (χ2n) is 6.71. The van der Waals surface area contributed by atoms with Crippen LogP contribution in [0, 0.1) is 6.92 Å². The molecule has 0 atom stereocenters. The quantitative estimate of drug-likeness (QED) is 0.412. The molecule has 4 aromatic rings. The van der Waals surface area contributed by atoms with E-state index in [2.05, 4.69) is 47.4 Å². The van der Waals surface area contributed by atoms with Crippen molar-refractivity contribution < 1.29 is 9.53 Å². The molecule has 0 aliphatic rings.